The predicted octanol–water partition coefficient (Wildman–Crippen LogP) is 3.04. The number of aromatic nitrogens is 1. The number of rotatable bonds is 6. The van der Waals surface area contributed by atoms with E-state index in [0.717, 1.165) is 5.69 Å². The van der Waals surface area contributed by atoms with Crippen molar-refractivity contribution in [1.82, 2.24) is 4.98 Å². The molecule has 6 nitrogen and oxygen atoms in total. The number of nitrogens with zero attached hydrogens (tertiary/aromatic N) is 1. The van der Waals surface area contributed by atoms with Crippen molar-refractivity contribution in [3.8, 4) is 0 Å². The Kier molecular flexibility index (Phi) is 5.75. The van der Waals surface area contributed by atoms with Gasteiger partial charge >= 0.3 is 5.97 Å². The van der Waals surface area contributed by atoms with Crippen LogP contribution in [-0.4, -0.2) is 35.8 Å². The topological polar surface area (TPSA) is 79.5 Å². The van der Waals surface area contributed by atoms with E-state index in [2.05, 4.69) is 4.98 Å². The van der Waals surface area contributed by atoms with Crippen LogP contribution in [0.25, 0.3) is 0 Å². The Morgan fingerprint density at radius 2 is 1.76 bits per heavy atom. The van der Waals surface area contributed by atoms with Gasteiger partial charge in [0, 0.05) is 23.5 Å². The SMILES string of the molecule is CCN(C(=O)COC(=O)c1[nH]c(C)c(C(C)=O)c1C)c1ccccc1. The number of hydrogen-bond acceptors (Lipinski definition) is 4. The third kappa shape index (κ3) is 3.96. The molecule has 0 aliphatic heterocycles. The Labute approximate surface area is 146 Å². The third-order valence-corrected chi connectivity index (χ3v) is 4.01. The fourth-order valence-electron chi connectivity index (χ4n) is 2.87. The van der Waals surface area contributed by atoms with E-state index in [4.69, 9.17) is 4.74 Å². The van der Waals surface area contributed by atoms with Crippen molar-refractivity contribution in [2.24, 2.45) is 0 Å². The summed E-state index contributed by atoms with van der Waals surface area (Å²) >= 11 is 0. The summed E-state index contributed by atoms with van der Waals surface area (Å²) in [7, 11) is 0. The number of H-pyrrole nitrogens is 1. The zero-order valence-corrected chi connectivity index (χ0v) is 14.9. The van der Waals surface area contributed by atoms with E-state index in [1.54, 1.807) is 18.7 Å². The maximum absolute atomic E-state index is 12.4. The normalized spacial score (nSPS) is 10.4. The molecule has 0 bridgehead atoms. The van der Waals surface area contributed by atoms with Crippen molar-refractivity contribution >= 4 is 23.3 Å². The van der Waals surface area contributed by atoms with Crippen molar-refractivity contribution in [3.05, 3.63) is 52.8 Å². The van der Waals surface area contributed by atoms with Gasteiger partial charge in [0.05, 0.1) is 0 Å². The minimum absolute atomic E-state index is 0.123. The Morgan fingerprint density at radius 1 is 1.12 bits per heavy atom. The lowest BCUT2D eigenvalue weighted by atomic mass is 10.1. The van der Waals surface area contributed by atoms with Crippen molar-refractivity contribution in [2.45, 2.75) is 27.7 Å². The number of carbonyl (C=O) groups excluding carboxylic acids is 3. The first-order valence-corrected chi connectivity index (χ1v) is 8.09. The summed E-state index contributed by atoms with van der Waals surface area (Å²) in [5, 5.41) is 0. The van der Waals surface area contributed by atoms with Gasteiger partial charge in [-0.25, -0.2) is 4.79 Å². The molecular formula is C19H22N2O4. The van der Waals surface area contributed by atoms with E-state index in [0.29, 0.717) is 23.4 Å². The van der Waals surface area contributed by atoms with Gasteiger partial charge in [-0.3, -0.25) is 9.59 Å². The molecule has 2 rings (SSSR count). The molecule has 0 fully saturated rings. The summed E-state index contributed by atoms with van der Waals surface area (Å²) in [4.78, 5) is 40.7. The lowest BCUT2D eigenvalue weighted by molar-refractivity contribution is -0.121. The molecular weight excluding hydrogens is 320 g/mol. The lowest BCUT2D eigenvalue weighted by Crippen LogP contribution is -2.34. The van der Waals surface area contributed by atoms with Crippen LogP contribution in [0.4, 0.5) is 5.69 Å². The molecule has 0 saturated heterocycles. The van der Waals surface area contributed by atoms with E-state index in [1.807, 2.05) is 37.3 Å². The fraction of sp³-hybridized carbons (Fsp3) is 0.316. The molecule has 0 saturated carbocycles. The van der Waals surface area contributed by atoms with Crippen LogP contribution in [-0.2, 0) is 9.53 Å². The number of ether oxygens (including phenoxy) is 1. The van der Waals surface area contributed by atoms with Gasteiger partial charge in [0.1, 0.15) is 5.69 Å². The Hall–Kier alpha value is -2.89. The van der Waals surface area contributed by atoms with Crippen LogP contribution in [0.3, 0.4) is 0 Å². The van der Waals surface area contributed by atoms with E-state index in [-0.39, 0.29) is 24.0 Å². The smallest absolute Gasteiger partial charge is 0.355 e. The van der Waals surface area contributed by atoms with Gasteiger partial charge in [0.15, 0.2) is 12.4 Å². The highest BCUT2D eigenvalue weighted by molar-refractivity contribution is 6.02. The molecule has 2 aromatic rings. The van der Waals surface area contributed by atoms with Gasteiger partial charge in [-0.1, -0.05) is 18.2 Å². The maximum atomic E-state index is 12.4. The van der Waals surface area contributed by atoms with E-state index < -0.39 is 5.97 Å². The quantitative estimate of drug-likeness (QED) is 0.646. The molecule has 132 valence electrons. The number of para-hydroxylation sites is 1. The molecule has 0 aliphatic rings. The van der Waals surface area contributed by atoms with Crippen LogP contribution < -0.4 is 4.90 Å². The maximum Gasteiger partial charge on any atom is 0.355 e. The summed E-state index contributed by atoms with van der Waals surface area (Å²) in [5.41, 5.74) is 2.59. The standard InChI is InChI=1S/C19H22N2O4/c1-5-21(15-9-7-6-8-10-15)16(23)11-25-19(24)18-12(2)17(14(4)22)13(3)20-18/h6-10,20H,5,11H2,1-4H3. The summed E-state index contributed by atoms with van der Waals surface area (Å²) in [5.74, 6) is -1.08. The molecule has 1 aromatic heterocycles. The van der Waals surface area contributed by atoms with Gasteiger partial charge in [-0.2, -0.15) is 0 Å². The van der Waals surface area contributed by atoms with Crippen molar-refractivity contribution in [3.63, 3.8) is 0 Å². The second-order valence-corrected chi connectivity index (χ2v) is 5.73. The van der Waals surface area contributed by atoms with Gasteiger partial charge in [0.25, 0.3) is 5.91 Å². The van der Waals surface area contributed by atoms with Crippen LogP contribution in [0.15, 0.2) is 30.3 Å². The number of ketones is 1. The van der Waals surface area contributed by atoms with Crippen LogP contribution >= 0.6 is 0 Å². The number of carbonyl (C=O) groups is 3. The van der Waals surface area contributed by atoms with Gasteiger partial charge in [0.2, 0.25) is 0 Å². The average molecular weight is 342 g/mol. The van der Waals surface area contributed by atoms with E-state index >= 15 is 0 Å². The van der Waals surface area contributed by atoms with Crippen LogP contribution in [0.2, 0.25) is 0 Å². The number of likely N-dealkylation sites (N-methyl/N-ethyl adjacent to an activating group) is 1. The van der Waals surface area contributed by atoms with Crippen LogP contribution in [0, 0.1) is 13.8 Å². The number of esters is 1. The third-order valence-electron chi connectivity index (χ3n) is 4.01. The largest absolute Gasteiger partial charge is 0.451 e. The van der Waals surface area contributed by atoms with E-state index in [1.165, 1.54) is 6.92 Å². The summed E-state index contributed by atoms with van der Waals surface area (Å²) < 4.78 is 5.15. The number of hydrogen-bond donors (Lipinski definition) is 1. The number of nitrogens with one attached hydrogen (secondary N) is 1. The highest BCUT2D eigenvalue weighted by Gasteiger charge is 2.22. The zero-order chi connectivity index (χ0) is 18.6. The number of amides is 1. The van der Waals surface area contributed by atoms with Crippen LogP contribution in [0.5, 0.6) is 0 Å². The molecule has 0 radical (unpaired) electrons. The number of Topliss-reactive ketones (excluding diaryl/α,β-unsaturated/α-hetero) is 1. The molecule has 1 N–H and O–H groups in total. The first kappa shape index (κ1) is 18.4. The minimum atomic E-state index is -0.648. The number of anilines is 1. The van der Waals surface area contributed by atoms with Crippen molar-refractivity contribution in [2.75, 3.05) is 18.1 Å². The second-order valence-electron chi connectivity index (χ2n) is 5.73. The second kappa shape index (κ2) is 7.79. The molecule has 1 heterocycles. The highest BCUT2D eigenvalue weighted by atomic mass is 16.5. The summed E-state index contributed by atoms with van der Waals surface area (Å²) in [6.07, 6.45) is 0. The van der Waals surface area contributed by atoms with Crippen LogP contribution in [0.1, 0.15) is 46.0 Å². The molecule has 1 amide bonds. The summed E-state index contributed by atoms with van der Waals surface area (Å²) in [6, 6.07) is 9.18. The number of benzene rings is 1. The minimum Gasteiger partial charge on any atom is -0.451 e. The van der Waals surface area contributed by atoms with Gasteiger partial charge < -0.3 is 14.6 Å². The van der Waals surface area contributed by atoms with Crippen molar-refractivity contribution < 1.29 is 19.1 Å². The van der Waals surface area contributed by atoms with Gasteiger partial charge in [-0.05, 0) is 45.4 Å². The number of aromatic amines is 1. The average Bonchev–Trinajstić information content (AvgIpc) is 2.89. The van der Waals surface area contributed by atoms with Crippen molar-refractivity contribution in [1.29, 1.82) is 0 Å². The molecule has 1 aromatic carbocycles. The van der Waals surface area contributed by atoms with Gasteiger partial charge in [-0.15, -0.1) is 0 Å². The summed E-state index contributed by atoms with van der Waals surface area (Å²) in [6.45, 7) is 6.80. The fourth-order valence-corrected chi connectivity index (χ4v) is 2.87. The number of aryl methyl sites for hydroxylation is 1. The highest BCUT2D eigenvalue weighted by Crippen LogP contribution is 2.19. The lowest BCUT2D eigenvalue weighted by Gasteiger charge is -2.20. The zero-order valence-electron chi connectivity index (χ0n) is 14.9. The molecule has 0 atom stereocenters. The molecule has 0 aliphatic carbocycles. The predicted molar refractivity (Wildman–Crippen MR) is 95.0 cm³/mol. The Bertz CT molecular complexity index is 793. The first-order valence-electron chi connectivity index (χ1n) is 8.09. The first-order chi connectivity index (χ1) is 11.9. The molecule has 0 spiro atoms. The Morgan fingerprint density at radius 3 is 2.28 bits per heavy atom. The monoisotopic (exact) mass is 342 g/mol. The van der Waals surface area contributed by atoms with E-state index in [9.17, 15) is 14.4 Å². The molecule has 0 unspecified atom stereocenters. The molecule has 25 heavy (non-hydrogen) atoms. The Balaban J connectivity index is 2.08. The molecule has 6 heteroatoms.